The topological polar surface area (TPSA) is 74.0 Å². The molecular weight excluding hydrogens is 350 g/mol. The van der Waals surface area contributed by atoms with Gasteiger partial charge in [0.15, 0.2) is 0 Å². The molecule has 1 heterocycles. The van der Waals surface area contributed by atoms with E-state index in [1.54, 1.807) is 38.1 Å². The zero-order chi connectivity index (χ0) is 20.1. The number of nitrogens with one attached hydrogen (secondary N) is 3. The Morgan fingerprint density at radius 2 is 1.89 bits per heavy atom. The number of amides is 2. The van der Waals surface area contributed by atoms with Gasteiger partial charge in [-0.15, -0.1) is 6.42 Å². The van der Waals surface area contributed by atoms with Crippen LogP contribution >= 0.6 is 0 Å². The zero-order valence-corrected chi connectivity index (χ0v) is 16.0. The van der Waals surface area contributed by atoms with Gasteiger partial charge in [0, 0.05) is 40.7 Å². The van der Waals surface area contributed by atoms with Crippen molar-refractivity contribution in [2.75, 3.05) is 5.32 Å². The lowest BCUT2D eigenvalue weighted by Gasteiger charge is -2.20. The van der Waals surface area contributed by atoms with Crippen LogP contribution in [0.4, 0.5) is 5.69 Å². The van der Waals surface area contributed by atoms with Gasteiger partial charge in [0.25, 0.3) is 0 Å². The summed E-state index contributed by atoms with van der Waals surface area (Å²) in [5.41, 5.74) is 3.24. The third kappa shape index (κ3) is 4.41. The minimum Gasteiger partial charge on any atom is -0.361 e. The van der Waals surface area contributed by atoms with Crippen molar-refractivity contribution < 1.29 is 9.59 Å². The molecule has 3 rings (SSSR count). The molecule has 5 heteroatoms. The van der Waals surface area contributed by atoms with Crippen molar-refractivity contribution in [3.63, 3.8) is 0 Å². The van der Waals surface area contributed by atoms with Gasteiger partial charge >= 0.3 is 0 Å². The molecule has 142 valence electrons. The summed E-state index contributed by atoms with van der Waals surface area (Å²) in [4.78, 5) is 28.4. The van der Waals surface area contributed by atoms with Crippen molar-refractivity contribution in [2.45, 2.75) is 26.3 Å². The summed E-state index contributed by atoms with van der Waals surface area (Å²) in [7, 11) is 0. The van der Waals surface area contributed by atoms with E-state index in [9.17, 15) is 9.59 Å². The fraction of sp³-hybridized carbons (Fsp3) is 0.217. The van der Waals surface area contributed by atoms with Gasteiger partial charge < -0.3 is 15.6 Å². The van der Waals surface area contributed by atoms with Gasteiger partial charge in [0.1, 0.15) is 6.04 Å². The van der Waals surface area contributed by atoms with Crippen molar-refractivity contribution in [3.8, 4) is 12.3 Å². The molecule has 3 N–H and O–H groups in total. The maximum Gasteiger partial charge on any atom is 0.247 e. The van der Waals surface area contributed by atoms with Crippen LogP contribution in [0.5, 0.6) is 0 Å². The van der Waals surface area contributed by atoms with E-state index in [0.29, 0.717) is 17.7 Å². The number of benzene rings is 2. The Kier molecular flexibility index (Phi) is 5.81. The molecular formula is C23H23N3O2. The lowest BCUT2D eigenvalue weighted by Crippen LogP contribution is -2.46. The van der Waals surface area contributed by atoms with Crippen LogP contribution in [-0.2, 0) is 16.0 Å². The van der Waals surface area contributed by atoms with Crippen LogP contribution in [0.1, 0.15) is 25.0 Å². The second-order valence-electron chi connectivity index (χ2n) is 6.99. The van der Waals surface area contributed by atoms with Crippen LogP contribution in [0.2, 0.25) is 0 Å². The van der Waals surface area contributed by atoms with Gasteiger partial charge in [-0.05, 0) is 29.8 Å². The molecule has 0 spiro atoms. The molecule has 0 fully saturated rings. The highest BCUT2D eigenvalue weighted by Gasteiger charge is 2.24. The Morgan fingerprint density at radius 3 is 2.64 bits per heavy atom. The number of aromatic nitrogens is 1. The number of hydrogen-bond donors (Lipinski definition) is 3. The van der Waals surface area contributed by atoms with Crippen molar-refractivity contribution in [3.05, 3.63) is 65.9 Å². The number of carbonyl (C=O) groups excluding carboxylic acids is 2. The summed E-state index contributed by atoms with van der Waals surface area (Å²) < 4.78 is 0. The first-order chi connectivity index (χ1) is 13.5. The average molecular weight is 373 g/mol. The Bertz CT molecular complexity index is 1040. The lowest BCUT2D eigenvalue weighted by molar-refractivity contribution is -0.128. The van der Waals surface area contributed by atoms with E-state index in [1.807, 2.05) is 30.5 Å². The molecule has 0 aliphatic heterocycles. The van der Waals surface area contributed by atoms with Gasteiger partial charge in [0.2, 0.25) is 11.8 Å². The minimum atomic E-state index is -0.705. The molecule has 1 atom stereocenters. The normalized spacial score (nSPS) is 11.8. The van der Waals surface area contributed by atoms with Crippen molar-refractivity contribution in [1.82, 2.24) is 10.3 Å². The summed E-state index contributed by atoms with van der Waals surface area (Å²) in [5.74, 6) is 1.88. The quantitative estimate of drug-likeness (QED) is 0.579. The van der Waals surface area contributed by atoms with E-state index in [-0.39, 0.29) is 17.7 Å². The Balaban J connectivity index is 1.84. The summed E-state index contributed by atoms with van der Waals surface area (Å²) in [6.45, 7) is 3.60. The fourth-order valence-electron chi connectivity index (χ4n) is 2.98. The van der Waals surface area contributed by atoms with E-state index in [4.69, 9.17) is 6.42 Å². The third-order valence-electron chi connectivity index (χ3n) is 4.55. The molecule has 0 aliphatic carbocycles. The first kappa shape index (κ1) is 19.2. The summed E-state index contributed by atoms with van der Waals surface area (Å²) >= 11 is 0. The number of terminal acetylenes is 1. The van der Waals surface area contributed by atoms with Crippen LogP contribution in [0.3, 0.4) is 0 Å². The van der Waals surface area contributed by atoms with E-state index in [1.165, 1.54) is 0 Å². The molecule has 2 amide bonds. The first-order valence-corrected chi connectivity index (χ1v) is 9.21. The Morgan fingerprint density at radius 1 is 1.11 bits per heavy atom. The van der Waals surface area contributed by atoms with Gasteiger partial charge in [-0.1, -0.05) is 44.0 Å². The number of H-pyrrole nitrogens is 1. The van der Waals surface area contributed by atoms with E-state index >= 15 is 0 Å². The van der Waals surface area contributed by atoms with Gasteiger partial charge in [-0.25, -0.2) is 0 Å². The van der Waals surface area contributed by atoms with Crippen LogP contribution < -0.4 is 10.6 Å². The molecule has 0 radical (unpaired) electrons. The number of rotatable bonds is 6. The largest absolute Gasteiger partial charge is 0.361 e. The van der Waals surface area contributed by atoms with Crippen molar-refractivity contribution in [1.29, 1.82) is 0 Å². The van der Waals surface area contributed by atoms with Gasteiger partial charge in [-0.3, -0.25) is 9.59 Å². The zero-order valence-electron chi connectivity index (χ0n) is 16.0. The molecule has 3 aromatic rings. The standard InChI is InChI=1S/C23H23N3O2/c1-4-16-8-7-9-18(12-16)25-23(28)21(26-22(27)15(2)3)13-17-14-24-20-11-6-5-10-19(17)20/h1,5-12,14-15,21,24H,13H2,2-3H3,(H,25,28)(H,26,27). The van der Waals surface area contributed by atoms with E-state index in [2.05, 4.69) is 21.5 Å². The van der Waals surface area contributed by atoms with Crippen LogP contribution in [0, 0.1) is 18.3 Å². The van der Waals surface area contributed by atoms with Gasteiger partial charge in [0.05, 0.1) is 0 Å². The number of hydrogen-bond acceptors (Lipinski definition) is 2. The maximum absolute atomic E-state index is 12.9. The summed E-state index contributed by atoms with van der Waals surface area (Å²) in [6.07, 6.45) is 7.69. The smallest absolute Gasteiger partial charge is 0.247 e. The molecule has 0 saturated heterocycles. The molecule has 0 saturated carbocycles. The highest BCUT2D eigenvalue weighted by atomic mass is 16.2. The predicted molar refractivity (Wildman–Crippen MR) is 112 cm³/mol. The van der Waals surface area contributed by atoms with Gasteiger partial charge in [-0.2, -0.15) is 0 Å². The lowest BCUT2D eigenvalue weighted by atomic mass is 10.0. The number of carbonyl (C=O) groups is 2. The monoisotopic (exact) mass is 373 g/mol. The fourth-order valence-corrected chi connectivity index (χ4v) is 2.98. The molecule has 1 aromatic heterocycles. The highest BCUT2D eigenvalue weighted by Crippen LogP contribution is 2.20. The van der Waals surface area contributed by atoms with Crippen LogP contribution in [-0.4, -0.2) is 22.8 Å². The minimum absolute atomic E-state index is 0.169. The SMILES string of the molecule is C#Cc1cccc(NC(=O)C(Cc2c[nH]c3ccccc23)NC(=O)C(C)C)c1. The maximum atomic E-state index is 12.9. The molecule has 5 nitrogen and oxygen atoms in total. The number of para-hydroxylation sites is 1. The van der Waals surface area contributed by atoms with E-state index in [0.717, 1.165) is 16.5 Å². The van der Waals surface area contributed by atoms with Crippen molar-refractivity contribution >= 4 is 28.4 Å². The summed E-state index contributed by atoms with van der Waals surface area (Å²) in [6, 6.07) is 14.2. The Labute approximate surface area is 164 Å². The number of fused-ring (bicyclic) bond motifs is 1. The highest BCUT2D eigenvalue weighted by molar-refractivity contribution is 5.98. The molecule has 1 unspecified atom stereocenters. The van der Waals surface area contributed by atoms with Crippen LogP contribution in [0.25, 0.3) is 10.9 Å². The second-order valence-corrected chi connectivity index (χ2v) is 6.99. The first-order valence-electron chi connectivity index (χ1n) is 9.21. The number of anilines is 1. The Hall–Kier alpha value is -3.52. The average Bonchev–Trinajstić information content (AvgIpc) is 3.10. The summed E-state index contributed by atoms with van der Waals surface area (Å²) in [5, 5.41) is 6.76. The van der Waals surface area contributed by atoms with Crippen LogP contribution in [0.15, 0.2) is 54.7 Å². The molecule has 28 heavy (non-hydrogen) atoms. The third-order valence-corrected chi connectivity index (χ3v) is 4.55. The van der Waals surface area contributed by atoms with Crippen molar-refractivity contribution in [2.24, 2.45) is 5.92 Å². The molecule has 0 bridgehead atoms. The predicted octanol–water partition coefficient (Wildman–Crippen LogP) is 3.47. The molecule has 2 aromatic carbocycles. The molecule has 0 aliphatic rings. The number of aromatic amines is 1. The van der Waals surface area contributed by atoms with E-state index < -0.39 is 6.04 Å². The second kappa shape index (κ2) is 8.45.